The van der Waals surface area contributed by atoms with Gasteiger partial charge in [-0.1, -0.05) is 44.6 Å². The minimum atomic E-state index is 1.05. The van der Waals surface area contributed by atoms with Crippen molar-refractivity contribution >= 4 is 0 Å². The summed E-state index contributed by atoms with van der Waals surface area (Å²) in [5.41, 5.74) is 0. The average molecular weight is 151 g/mol. The van der Waals surface area contributed by atoms with E-state index in [4.69, 9.17) is 0 Å². The van der Waals surface area contributed by atoms with Crippen molar-refractivity contribution in [2.45, 2.75) is 39.0 Å². The highest BCUT2D eigenvalue weighted by Gasteiger charge is 1.76. The van der Waals surface area contributed by atoms with Gasteiger partial charge in [-0.15, -0.1) is 0 Å². The lowest BCUT2D eigenvalue weighted by molar-refractivity contribution is 0.864. The summed E-state index contributed by atoms with van der Waals surface area (Å²) >= 11 is 0. The molecule has 0 amide bonds. The lowest BCUT2D eigenvalue weighted by Gasteiger charge is -1.86. The van der Waals surface area contributed by atoms with Crippen molar-refractivity contribution in [3.63, 3.8) is 0 Å². The lowest BCUT2D eigenvalue weighted by Crippen LogP contribution is -1.66. The summed E-state index contributed by atoms with van der Waals surface area (Å²) in [6.45, 7) is 5.94. The molecule has 0 aromatic carbocycles. The molecule has 0 rings (SSSR count). The highest BCUT2D eigenvalue weighted by Crippen LogP contribution is 1.96. The standard InChI is InChI=1S/C11H19/c1-3-5-7-9-11-10-8-6-4-2/h6,8-9,11H,1,3-5,7,10H2,2H3. The van der Waals surface area contributed by atoms with E-state index in [-0.39, 0.29) is 0 Å². The van der Waals surface area contributed by atoms with Gasteiger partial charge in [-0.2, -0.15) is 0 Å². The van der Waals surface area contributed by atoms with Gasteiger partial charge in [0.05, 0.1) is 0 Å². The number of hydrogen-bond acceptors (Lipinski definition) is 0. The van der Waals surface area contributed by atoms with Gasteiger partial charge in [-0.3, -0.25) is 0 Å². The van der Waals surface area contributed by atoms with Gasteiger partial charge in [0.2, 0.25) is 0 Å². The van der Waals surface area contributed by atoms with E-state index >= 15 is 0 Å². The molecule has 0 fully saturated rings. The summed E-state index contributed by atoms with van der Waals surface area (Å²) in [6.07, 6.45) is 14.6. The minimum absolute atomic E-state index is 1.05. The fourth-order valence-corrected chi connectivity index (χ4v) is 0.818. The summed E-state index contributed by atoms with van der Waals surface area (Å²) in [4.78, 5) is 0. The monoisotopic (exact) mass is 151 g/mol. The van der Waals surface area contributed by atoms with Gasteiger partial charge < -0.3 is 0 Å². The summed E-state index contributed by atoms with van der Waals surface area (Å²) in [6, 6.07) is 0. The van der Waals surface area contributed by atoms with Crippen LogP contribution >= 0.6 is 0 Å². The average Bonchev–Trinajstić information content (AvgIpc) is 2.03. The van der Waals surface area contributed by atoms with Crippen LogP contribution in [0.2, 0.25) is 0 Å². The molecule has 1 radical (unpaired) electrons. The normalized spacial score (nSPS) is 11.8. The summed E-state index contributed by atoms with van der Waals surface area (Å²) < 4.78 is 0. The molecule has 0 spiro atoms. The van der Waals surface area contributed by atoms with E-state index in [2.05, 4.69) is 38.2 Å². The largest absolute Gasteiger partial charge is 0.0885 e. The first-order chi connectivity index (χ1) is 5.41. The van der Waals surface area contributed by atoms with E-state index in [0.29, 0.717) is 0 Å². The molecular formula is C11H19. The fraction of sp³-hybridized carbons (Fsp3) is 0.545. The van der Waals surface area contributed by atoms with Crippen LogP contribution in [0, 0.1) is 6.92 Å². The molecule has 0 aliphatic heterocycles. The third-order valence-electron chi connectivity index (χ3n) is 1.46. The molecule has 0 heterocycles. The molecule has 0 saturated heterocycles. The van der Waals surface area contributed by atoms with Gasteiger partial charge in [0.25, 0.3) is 0 Å². The van der Waals surface area contributed by atoms with Gasteiger partial charge in [0.15, 0.2) is 0 Å². The Bertz CT molecular complexity index is 109. The minimum Gasteiger partial charge on any atom is -0.0885 e. The van der Waals surface area contributed by atoms with Crippen LogP contribution in [0.4, 0.5) is 0 Å². The van der Waals surface area contributed by atoms with Crippen LogP contribution in [0.15, 0.2) is 24.3 Å². The van der Waals surface area contributed by atoms with E-state index in [1.165, 1.54) is 12.8 Å². The van der Waals surface area contributed by atoms with Crippen molar-refractivity contribution in [3.05, 3.63) is 31.2 Å². The van der Waals surface area contributed by atoms with Crippen LogP contribution in [0.25, 0.3) is 0 Å². The second kappa shape index (κ2) is 9.48. The first-order valence-corrected chi connectivity index (χ1v) is 4.51. The maximum Gasteiger partial charge on any atom is -0.0169 e. The van der Waals surface area contributed by atoms with Crippen LogP contribution in [-0.2, 0) is 0 Å². The Morgan fingerprint density at radius 3 is 2.45 bits per heavy atom. The second-order valence-electron chi connectivity index (χ2n) is 2.58. The van der Waals surface area contributed by atoms with Crippen molar-refractivity contribution in [1.82, 2.24) is 0 Å². The molecule has 11 heavy (non-hydrogen) atoms. The quantitative estimate of drug-likeness (QED) is 0.399. The molecule has 0 atom stereocenters. The molecule has 0 aliphatic rings. The number of hydrogen-bond donors (Lipinski definition) is 0. The maximum absolute atomic E-state index is 3.79. The van der Waals surface area contributed by atoms with E-state index < -0.39 is 0 Å². The van der Waals surface area contributed by atoms with E-state index in [0.717, 1.165) is 19.3 Å². The zero-order chi connectivity index (χ0) is 8.36. The maximum atomic E-state index is 3.79. The topological polar surface area (TPSA) is 0 Å². The van der Waals surface area contributed by atoms with Crippen LogP contribution in [0.3, 0.4) is 0 Å². The summed E-state index contributed by atoms with van der Waals surface area (Å²) in [7, 11) is 0. The zero-order valence-electron chi connectivity index (χ0n) is 7.55. The van der Waals surface area contributed by atoms with E-state index in [1.807, 2.05) is 0 Å². The Balaban J connectivity index is 3.09. The van der Waals surface area contributed by atoms with Gasteiger partial charge in [0, 0.05) is 0 Å². The van der Waals surface area contributed by atoms with Crippen LogP contribution in [0.1, 0.15) is 39.0 Å². The predicted octanol–water partition coefficient (Wildman–Crippen LogP) is 3.90. The SMILES string of the molecule is [CH2]CCCC=CCC=CCC. The number of unbranched alkanes of at least 4 members (excludes halogenated alkanes) is 2. The zero-order valence-corrected chi connectivity index (χ0v) is 7.55. The molecule has 0 aromatic rings. The molecule has 0 N–H and O–H groups in total. The van der Waals surface area contributed by atoms with Crippen molar-refractivity contribution < 1.29 is 0 Å². The third kappa shape index (κ3) is 9.48. The predicted molar refractivity (Wildman–Crippen MR) is 52.4 cm³/mol. The van der Waals surface area contributed by atoms with Crippen molar-refractivity contribution in [3.8, 4) is 0 Å². The van der Waals surface area contributed by atoms with Gasteiger partial charge in [-0.25, -0.2) is 0 Å². The van der Waals surface area contributed by atoms with Crippen molar-refractivity contribution in [1.29, 1.82) is 0 Å². The Kier molecular flexibility index (Phi) is 9.03. The summed E-state index contributed by atoms with van der Waals surface area (Å²) in [5, 5.41) is 0. The Labute approximate surface area is 71.0 Å². The van der Waals surface area contributed by atoms with Crippen molar-refractivity contribution in [2.24, 2.45) is 0 Å². The molecule has 0 aliphatic carbocycles. The number of rotatable bonds is 6. The molecule has 0 nitrogen and oxygen atoms in total. The van der Waals surface area contributed by atoms with Crippen LogP contribution in [-0.4, -0.2) is 0 Å². The molecular weight excluding hydrogens is 132 g/mol. The fourth-order valence-electron chi connectivity index (χ4n) is 0.818. The van der Waals surface area contributed by atoms with Gasteiger partial charge in [-0.05, 0) is 25.7 Å². The van der Waals surface area contributed by atoms with Crippen LogP contribution in [0.5, 0.6) is 0 Å². The highest BCUT2D eigenvalue weighted by atomic mass is 13.8. The molecule has 0 unspecified atom stereocenters. The van der Waals surface area contributed by atoms with Gasteiger partial charge >= 0.3 is 0 Å². The third-order valence-corrected chi connectivity index (χ3v) is 1.46. The van der Waals surface area contributed by atoms with Crippen LogP contribution < -0.4 is 0 Å². The number of allylic oxidation sites excluding steroid dienone is 4. The lowest BCUT2D eigenvalue weighted by atomic mass is 10.2. The highest BCUT2D eigenvalue weighted by molar-refractivity contribution is 4.92. The summed E-state index contributed by atoms with van der Waals surface area (Å²) in [5.74, 6) is 0. The Morgan fingerprint density at radius 1 is 1.09 bits per heavy atom. The molecule has 0 aromatic heterocycles. The Hall–Kier alpha value is -0.520. The van der Waals surface area contributed by atoms with Gasteiger partial charge in [0.1, 0.15) is 0 Å². The smallest absolute Gasteiger partial charge is 0.0169 e. The molecule has 0 saturated carbocycles. The van der Waals surface area contributed by atoms with Crippen molar-refractivity contribution in [2.75, 3.05) is 0 Å². The Morgan fingerprint density at radius 2 is 1.82 bits per heavy atom. The molecule has 0 bridgehead atoms. The van der Waals surface area contributed by atoms with E-state index in [1.54, 1.807) is 0 Å². The first kappa shape index (κ1) is 10.5. The first-order valence-electron chi connectivity index (χ1n) is 4.51. The van der Waals surface area contributed by atoms with E-state index in [9.17, 15) is 0 Å². The molecule has 63 valence electrons. The molecule has 0 heteroatoms. The second-order valence-corrected chi connectivity index (χ2v) is 2.58.